The van der Waals surface area contributed by atoms with E-state index in [0.29, 0.717) is 6.54 Å². The van der Waals surface area contributed by atoms with E-state index in [2.05, 4.69) is 5.32 Å². The molecule has 1 saturated heterocycles. The van der Waals surface area contributed by atoms with Crippen molar-refractivity contribution in [3.63, 3.8) is 0 Å². The van der Waals surface area contributed by atoms with Crippen LogP contribution in [0.4, 0.5) is 0 Å². The maximum absolute atomic E-state index is 11.0. The van der Waals surface area contributed by atoms with Gasteiger partial charge in [0.25, 0.3) is 0 Å². The third-order valence-corrected chi connectivity index (χ3v) is 2.31. The highest BCUT2D eigenvalue weighted by atomic mass is 35.5. The summed E-state index contributed by atoms with van der Waals surface area (Å²) in [6.45, 7) is 0.722. The van der Waals surface area contributed by atoms with Crippen LogP contribution >= 0.6 is 34.8 Å². The van der Waals surface area contributed by atoms with E-state index in [4.69, 9.17) is 34.8 Å². The summed E-state index contributed by atoms with van der Waals surface area (Å²) in [5, 5.41) is 2.24. The maximum atomic E-state index is 11.0. The van der Waals surface area contributed by atoms with Crippen molar-refractivity contribution in [2.45, 2.75) is 9.71 Å². The lowest BCUT2D eigenvalue weighted by Gasteiger charge is -2.26. The Kier molecular flexibility index (Phi) is 2.46. The van der Waals surface area contributed by atoms with Crippen molar-refractivity contribution >= 4 is 40.6 Å². The van der Waals surface area contributed by atoms with E-state index in [0.717, 1.165) is 0 Å². The molecule has 0 spiro atoms. The molecule has 1 aliphatic rings. The smallest absolute Gasteiger partial charge is 0.189 e. The summed E-state index contributed by atoms with van der Waals surface area (Å²) in [6, 6.07) is 0. The summed E-state index contributed by atoms with van der Waals surface area (Å²) < 4.78 is -1.33. The third-order valence-electron chi connectivity index (χ3n) is 1.32. The van der Waals surface area contributed by atoms with Crippen LogP contribution in [-0.2, 0) is 4.79 Å². The normalized spacial score (nSPS) is 32.3. The van der Waals surface area contributed by atoms with Gasteiger partial charge in [0.2, 0.25) is 0 Å². The monoisotopic (exact) mass is 201 g/mol. The molecule has 1 heterocycles. The summed E-state index contributed by atoms with van der Waals surface area (Å²) in [4.78, 5) is 11.0. The van der Waals surface area contributed by atoms with Gasteiger partial charge in [0.1, 0.15) is 5.38 Å². The first-order valence-electron chi connectivity index (χ1n) is 2.81. The second-order valence-electron chi connectivity index (χ2n) is 2.17. The number of hydrogen-bond acceptors (Lipinski definition) is 2. The van der Waals surface area contributed by atoms with Gasteiger partial charge in [-0.05, 0) is 0 Å². The van der Waals surface area contributed by atoms with Gasteiger partial charge >= 0.3 is 0 Å². The van der Waals surface area contributed by atoms with Crippen LogP contribution in [-0.4, -0.2) is 28.6 Å². The minimum absolute atomic E-state index is 0.276. The van der Waals surface area contributed by atoms with Crippen molar-refractivity contribution < 1.29 is 4.79 Å². The summed E-state index contributed by atoms with van der Waals surface area (Å²) >= 11 is 16.7. The standard InChI is InChI=1S/C5H6Cl3NO/c6-3-1-9-2-5(7,8)4(3)10/h3,9H,1-2H2. The predicted molar refractivity (Wildman–Crippen MR) is 42.0 cm³/mol. The minimum atomic E-state index is -1.33. The topological polar surface area (TPSA) is 29.1 Å². The number of carbonyl (C=O) groups is 1. The fourth-order valence-corrected chi connectivity index (χ4v) is 1.62. The summed E-state index contributed by atoms with van der Waals surface area (Å²) in [5.41, 5.74) is 0. The molecule has 0 aromatic heterocycles. The van der Waals surface area contributed by atoms with E-state index in [-0.39, 0.29) is 12.3 Å². The second kappa shape index (κ2) is 2.86. The fourth-order valence-electron chi connectivity index (χ4n) is 0.765. The molecule has 0 aromatic carbocycles. The number of alkyl halides is 3. The van der Waals surface area contributed by atoms with E-state index >= 15 is 0 Å². The molecular formula is C5H6Cl3NO. The minimum Gasteiger partial charge on any atom is -0.311 e. The molecule has 1 rings (SSSR count). The highest BCUT2D eigenvalue weighted by Crippen LogP contribution is 2.26. The van der Waals surface area contributed by atoms with Gasteiger partial charge in [-0.3, -0.25) is 4.79 Å². The number of Topliss-reactive ketones (excluding diaryl/α,β-unsaturated/α-hetero) is 1. The molecule has 5 heteroatoms. The van der Waals surface area contributed by atoms with Crippen LogP contribution in [0.2, 0.25) is 0 Å². The molecule has 0 saturated carbocycles. The Morgan fingerprint density at radius 3 is 2.60 bits per heavy atom. The van der Waals surface area contributed by atoms with Crippen LogP contribution in [0.3, 0.4) is 0 Å². The largest absolute Gasteiger partial charge is 0.311 e. The molecular weight excluding hydrogens is 196 g/mol. The van der Waals surface area contributed by atoms with E-state index in [1.54, 1.807) is 0 Å². The SMILES string of the molecule is O=C1C(Cl)CNCC1(Cl)Cl. The Morgan fingerprint density at radius 1 is 1.60 bits per heavy atom. The van der Waals surface area contributed by atoms with Gasteiger partial charge in [0.15, 0.2) is 10.1 Å². The fraction of sp³-hybridized carbons (Fsp3) is 0.800. The number of hydrogen-bond donors (Lipinski definition) is 1. The van der Waals surface area contributed by atoms with Crippen LogP contribution in [0.25, 0.3) is 0 Å². The zero-order chi connectivity index (χ0) is 7.78. The van der Waals surface area contributed by atoms with E-state index < -0.39 is 9.71 Å². The Morgan fingerprint density at radius 2 is 2.20 bits per heavy atom. The molecule has 0 radical (unpaired) electrons. The van der Waals surface area contributed by atoms with Crippen molar-refractivity contribution in [3.05, 3.63) is 0 Å². The van der Waals surface area contributed by atoms with Gasteiger partial charge in [0.05, 0.1) is 0 Å². The van der Waals surface area contributed by atoms with Crippen molar-refractivity contribution in [1.29, 1.82) is 0 Å². The summed E-state index contributed by atoms with van der Waals surface area (Å²) in [6.07, 6.45) is 0. The lowest BCUT2D eigenvalue weighted by Crippen LogP contribution is -2.51. The lowest BCUT2D eigenvalue weighted by molar-refractivity contribution is -0.120. The highest BCUT2D eigenvalue weighted by molar-refractivity contribution is 6.61. The molecule has 10 heavy (non-hydrogen) atoms. The molecule has 2 nitrogen and oxygen atoms in total. The summed E-state index contributed by atoms with van der Waals surface area (Å²) in [7, 11) is 0. The summed E-state index contributed by atoms with van der Waals surface area (Å²) in [5.74, 6) is -0.309. The Hall–Kier alpha value is 0.500. The molecule has 1 N–H and O–H groups in total. The van der Waals surface area contributed by atoms with Gasteiger partial charge in [-0.25, -0.2) is 0 Å². The first-order valence-corrected chi connectivity index (χ1v) is 4.00. The molecule has 0 amide bonds. The number of ketones is 1. The Bertz CT molecular complexity index is 159. The molecule has 0 bridgehead atoms. The van der Waals surface area contributed by atoms with Gasteiger partial charge < -0.3 is 5.32 Å². The number of carbonyl (C=O) groups excluding carboxylic acids is 1. The molecule has 1 fully saturated rings. The van der Waals surface area contributed by atoms with Gasteiger partial charge in [-0.1, -0.05) is 23.2 Å². The highest BCUT2D eigenvalue weighted by Gasteiger charge is 2.40. The molecule has 1 unspecified atom stereocenters. The third kappa shape index (κ3) is 1.56. The zero-order valence-electron chi connectivity index (χ0n) is 5.03. The van der Waals surface area contributed by atoms with Crippen LogP contribution in [0, 0.1) is 0 Å². The average Bonchev–Trinajstić information content (AvgIpc) is 1.83. The van der Waals surface area contributed by atoms with Crippen molar-refractivity contribution in [1.82, 2.24) is 5.32 Å². The van der Waals surface area contributed by atoms with Crippen molar-refractivity contribution in [2.24, 2.45) is 0 Å². The van der Waals surface area contributed by atoms with Crippen LogP contribution in [0.15, 0.2) is 0 Å². The Balaban J connectivity index is 2.70. The Labute approximate surface area is 73.8 Å². The number of nitrogens with one attached hydrogen (secondary N) is 1. The number of halogens is 3. The first-order chi connectivity index (χ1) is 4.54. The molecule has 0 aliphatic carbocycles. The average molecular weight is 202 g/mol. The van der Waals surface area contributed by atoms with Gasteiger partial charge in [-0.15, -0.1) is 11.6 Å². The number of rotatable bonds is 0. The maximum Gasteiger partial charge on any atom is 0.189 e. The number of piperidine rings is 1. The van der Waals surface area contributed by atoms with E-state index in [9.17, 15) is 4.79 Å². The molecule has 1 aliphatic heterocycles. The van der Waals surface area contributed by atoms with Crippen LogP contribution in [0.5, 0.6) is 0 Å². The van der Waals surface area contributed by atoms with Crippen molar-refractivity contribution in [3.8, 4) is 0 Å². The van der Waals surface area contributed by atoms with Crippen LogP contribution < -0.4 is 5.32 Å². The second-order valence-corrected chi connectivity index (χ2v) is 4.18. The van der Waals surface area contributed by atoms with Gasteiger partial charge in [0, 0.05) is 13.1 Å². The molecule has 0 aromatic rings. The van der Waals surface area contributed by atoms with Crippen LogP contribution in [0.1, 0.15) is 0 Å². The lowest BCUT2D eigenvalue weighted by atomic mass is 10.1. The van der Waals surface area contributed by atoms with Gasteiger partial charge in [-0.2, -0.15) is 0 Å². The van der Waals surface area contributed by atoms with Crippen molar-refractivity contribution in [2.75, 3.05) is 13.1 Å². The molecule has 1 atom stereocenters. The quantitative estimate of drug-likeness (QED) is 0.593. The first kappa shape index (κ1) is 8.60. The van der Waals surface area contributed by atoms with E-state index in [1.165, 1.54) is 0 Å². The zero-order valence-corrected chi connectivity index (χ0v) is 7.30. The predicted octanol–water partition coefficient (Wildman–Crippen LogP) is 0.940. The molecule has 58 valence electrons. The van der Waals surface area contributed by atoms with E-state index in [1.807, 2.05) is 0 Å².